The second kappa shape index (κ2) is 5.55. The third kappa shape index (κ3) is 2.27. The smallest absolute Gasteiger partial charge is 0.298 e. The number of aromatic nitrogens is 5. The van der Waals surface area contributed by atoms with Gasteiger partial charge in [0.2, 0.25) is 0 Å². The second-order valence-electron chi connectivity index (χ2n) is 6.58. The Morgan fingerprint density at radius 3 is 2.77 bits per heavy atom. The van der Waals surface area contributed by atoms with E-state index in [0.717, 1.165) is 18.2 Å². The Kier molecular flexibility index (Phi) is 3.38. The van der Waals surface area contributed by atoms with Gasteiger partial charge in [0, 0.05) is 17.4 Å². The van der Waals surface area contributed by atoms with Crippen LogP contribution in [0.3, 0.4) is 0 Å². The average molecular weight is 380 g/mol. The van der Waals surface area contributed by atoms with Crippen LogP contribution in [0.1, 0.15) is 11.6 Å². The maximum Gasteiger partial charge on any atom is 0.298 e. The molecule has 0 spiro atoms. The quantitative estimate of drug-likeness (QED) is 0.693. The zero-order chi connectivity index (χ0) is 18.0. The van der Waals surface area contributed by atoms with Crippen LogP contribution in [0, 0.1) is 23.5 Å². The van der Waals surface area contributed by atoms with E-state index in [9.17, 15) is 13.6 Å². The van der Waals surface area contributed by atoms with Gasteiger partial charge in [0.1, 0.15) is 11.6 Å². The number of rotatable bonds is 3. The van der Waals surface area contributed by atoms with Crippen LogP contribution in [-0.4, -0.2) is 38.0 Å². The molecule has 3 heterocycles. The Bertz CT molecular complexity index is 1090. The van der Waals surface area contributed by atoms with Crippen LogP contribution >= 0.6 is 11.6 Å². The van der Waals surface area contributed by atoms with Crippen molar-refractivity contribution in [3.05, 3.63) is 50.9 Å². The summed E-state index contributed by atoms with van der Waals surface area (Å²) in [6, 6.07) is 3.09. The van der Waals surface area contributed by atoms with Crippen molar-refractivity contribution in [2.24, 2.45) is 11.8 Å². The SMILES string of the molecule is O=c1c2nn(Cc3cc(F)ccc3F)c(Cl)c2nnn1[C@@H]1[C@@H]2COC[C@@H]21. The molecule has 3 atom stereocenters. The van der Waals surface area contributed by atoms with Gasteiger partial charge in [-0.1, -0.05) is 16.8 Å². The van der Waals surface area contributed by atoms with Gasteiger partial charge >= 0.3 is 0 Å². The molecule has 0 amide bonds. The molecule has 10 heteroatoms. The summed E-state index contributed by atoms with van der Waals surface area (Å²) < 4.78 is 35.1. The lowest BCUT2D eigenvalue weighted by Crippen LogP contribution is -2.26. The molecule has 0 unspecified atom stereocenters. The van der Waals surface area contributed by atoms with Crippen LogP contribution in [0.5, 0.6) is 0 Å². The fourth-order valence-electron chi connectivity index (χ4n) is 3.60. The van der Waals surface area contributed by atoms with Crippen molar-refractivity contribution in [3.63, 3.8) is 0 Å². The van der Waals surface area contributed by atoms with Crippen LogP contribution in [0.15, 0.2) is 23.0 Å². The lowest BCUT2D eigenvalue weighted by molar-refractivity contribution is 0.149. The highest BCUT2D eigenvalue weighted by Crippen LogP contribution is 2.53. The predicted molar refractivity (Wildman–Crippen MR) is 86.9 cm³/mol. The molecule has 0 N–H and O–H groups in total. The molecule has 1 saturated heterocycles. The van der Waals surface area contributed by atoms with E-state index in [-0.39, 0.29) is 46.2 Å². The molecule has 2 fully saturated rings. The summed E-state index contributed by atoms with van der Waals surface area (Å²) in [6.07, 6.45) is 0. The molecule has 26 heavy (non-hydrogen) atoms. The van der Waals surface area contributed by atoms with Gasteiger partial charge in [0.05, 0.1) is 25.8 Å². The van der Waals surface area contributed by atoms with Gasteiger partial charge in [-0.15, -0.1) is 5.10 Å². The Morgan fingerprint density at radius 2 is 2.00 bits per heavy atom. The van der Waals surface area contributed by atoms with Crippen molar-refractivity contribution in [1.29, 1.82) is 0 Å². The van der Waals surface area contributed by atoms with E-state index in [1.165, 1.54) is 9.36 Å². The van der Waals surface area contributed by atoms with Gasteiger partial charge in [-0.2, -0.15) is 5.10 Å². The Morgan fingerprint density at radius 1 is 1.23 bits per heavy atom. The minimum atomic E-state index is -0.587. The van der Waals surface area contributed by atoms with E-state index >= 15 is 0 Å². The van der Waals surface area contributed by atoms with E-state index in [1.807, 2.05) is 0 Å². The van der Waals surface area contributed by atoms with Crippen LogP contribution in [0.2, 0.25) is 5.15 Å². The van der Waals surface area contributed by atoms with E-state index in [2.05, 4.69) is 15.4 Å². The monoisotopic (exact) mass is 379 g/mol. The average Bonchev–Trinajstić information content (AvgIpc) is 2.95. The molecule has 2 aromatic heterocycles. The molecule has 1 aliphatic carbocycles. The highest BCUT2D eigenvalue weighted by atomic mass is 35.5. The Labute approximate surface area is 150 Å². The largest absolute Gasteiger partial charge is 0.381 e. The Balaban J connectivity index is 1.55. The van der Waals surface area contributed by atoms with Gasteiger partial charge in [0.15, 0.2) is 16.2 Å². The maximum absolute atomic E-state index is 13.9. The number of hydrogen-bond donors (Lipinski definition) is 0. The summed E-state index contributed by atoms with van der Waals surface area (Å²) in [6.45, 7) is 1.09. The molecule has 7 nitrogen and oxygen atoms in total. The standard InChI is InChI=1S/C16H12ClF2N5O2/c17-15-12-13(21-23(15)4-7-3-8(18)1-2-11(7)19)16(25)24(22-20-12)14-9-5-26-6-10(9)14/h1-3,9-10,14H,4-6H2/t9-,10+,14-. The first-order valence-electron chi connectivity index (χ1n) is 8.08. The molecule has 1 saturated carbocycles. The van der Waals surface area contributed by atoms with Crippen LogP contribution in [0.25, 0.3) is 11.0 Å². The van der Waals surface area contributed by atoms with Gasteiger partial charge < -0.3 is 4.74 Å². The third-order valence-electron chi connectivity index (χ3n) is 5.04. The third-order valence-corrected chi connectivity index (χ3v) is 5.41. The molecule has 134 valence electrons. The molecular weight excluding hydrogens is 368 g/mol. The van der Waals surface area contributed by atoms with Gasteiger partial charge in [-0.25, -0.2) is 18.1 Å². The molecular formula is C16H12ClF2N5O2. The zero-order valence-corrected chi connectivity index (χ0v) is 14.0. The molecule has 3 aromatic rings. The van der Waals surface area contributed by atoms with Gasteiger partial charge in [-0.3, -0.25) is 4.79 Å². The normalized spacial score (nSPS) is 24.2. The fraction of sp³-hybridized carbons (Fsp3) is 0.375. The number of hydrogen-bond acceptors (Lipinski definition) is 5. The summed E-state index contributed by atoms with van der Waals surface area (Å²) in [5.41, 5.74) is -0.115. The summed E-state index contributed by atoms with van der Waals surface area (Å²) in [7, 11) is 0. The number of nitrogens with zero attached hydrogens (tertiary/aromatic N) is 5. The minimum Gasteiger partial charge on any atom is -0.381 e. The van der Waals surface area contributed by atoms with E-state index < -0.39 is 17.2 Å². The molecule has 1 aromatic carbocycles. The number of ether oxygens (including phenoxy) is 1. The zero-order valence-electron chi connectivity index (χ0n) is 13.3. The molecule has 0 bridgehead atoms. The number of halogens is 3. The minimum absolute atomic E-state index is 0.0299. The highest BCUT2D eigenvalue weighted by molar-refractivity contribution is 6.33. The van der Waals surface area contributed by atoms with Crippen LogP contribution in [-0.2, 0) is 11.3 Å². The van der Waals surface area contributed by atoms with Crippen LogP contribution in [0.4, 0.5) is 8.78 Å². The van der Waals surface area contributed by atoms with E-state index in [1.54, 1.807) is 0 Å². The predicted octanol–water partition coefficient (Wildman–Crippen LogP) is 1.79. The lowest BCUT2D eigenvalue weighted by atomic mass is 10.2. The fourth-order valence-corrected chi connectivity index (χ4v) is 3.83. The number of fused-ring (bicyclic) bond motifs is 2. The van der Waals surface area contributed by atoms with Crippen molar-refractivity contribution in [2.45, 2.75) is 12.6 Å². The summed E-state index contributed by atoms with van der Waals surface area (Å²) in [4.78, 5) is 12.7. The van der Waals surface area contributed by atoms with Crippen molar-refractivity contribution >= 4 is 22.6 Å². The van der Waals surface area contributed by atoms with Crippen molar-refractivity contribution < 1.29 is 13.5 Å². The van der Waals surface area contributed by atoms with Crippen molar-refractivity contribution in [2.75, 3.05) is 13.2 Å². The molecule has 0 radical (unpaired) electrons. The van der Waals surface area contributed by atoms with E-state index in [0.29, 0.717) is 13.2 Å². The molecule has 5 rings (SSSR count). The lowest BCUT2D eigenvalue weighted by Gasteiger charge is -2.05. The van der Waals surface area contributed by atoms with Crippen molar-refractivity contribution in [3.8, 4) is 0 Å². The van der Waals surface area contributed by atoms with E-state index in [4.69, 9.17) is 16.3 Å². The van der Waals surface area contributed by atoms with Crippen molar-refractivity contribution in [1.82, 2.24) is 24.8 Å². The number of benzene rings is 1. The molecule has 1 aliphatic heterocycles. The summed E-state index contributed by atoms with van der Waals surface area (Å²) >= 11 is 6.23. The summed E-state index contributed by atoms with van der Waals surface area (Å²) in [5.74, 6) is -0.605. The summed E-state index contributed by atoms with van der Waals surface area (Å²) in [5, 5.41) is 12.2. The van der Waals surface area contributed by atoms with Gasteiger partial charge in [-0.05, 0) is 18.2 Å². The Hall–Kier alpha value is -2.39. The highest BCUT2D eigenvalue weighted by Gasteiger charge is 2.56. The van der Waals surface area contributed by atoms with Crippen LogP contribution < -0.4 is 5.56 Å². The topological polar surface area (TPSA) is 74.8 Å². The molecule has 2 aliphatic rings. The second-order valence-corrected chi connectivity index (χ2v) is 6.93. The van der Waals surface area contributed by atoms with Gasteiger partial charge in [0.25, 0.3) is 5.56 Å². The first-order valence-corrected chi connectivity index (χ1v) is 8.45. The maximum atomic E-state index is 13.9. The first kappa shape index (κ1) is 15.8. The first-order chi connectivity index (χ1) is 12.5.